The molecule has 0 amide bonds. The molecule has 0 aromatic carbocycles. The molecule has 0 radical (unpaired) electrons. The van der Waals surface area contributed by atoms with Gasteiger partial charge in [0.15, 0.2) is 5.82 Å². The fourth-order valence-corrected chi connectivity index (χ4v) is 1.12. The van der Waals surface area contributed by atoms with E-state index in [0.29, 0.717) is 11.7 Å². The summed E-state index contributed by atoms with van der Waals surface area (Å²) in [5.74, 6) is 1.98. The van der Waals surface area contributed by atoms with Gasteiger partial charge in [-0.25, -0.2) is 0 Å². The Hall–Kier alpha value is -0.900. The predicted molar refractivity (Wildman–Crippen MR) is 45.6 cm³/mol. The molecule has 1 unspecified atom stereocenters. The van der Waals surface area contributed by atoms with E-state index in [0.717, 1.165) is 12.2 Å². The van der Waals surface area contributed by atoms with Gasteiger partial charge in [0.25, 0.3) is 0 Å². The largest absolute Gasteiger partial charge is 0.388 e. The Labute approximate surface area is 72.2 Å². The van der Waals surface area contributed by atoms with Gasteiger partial charge in [-0.1, -0.05) is 13.8 Å². The van der Waals surface area contributed by atoms with Crippen LogP contribution in [0.4, 0.5) is 0 Å². The van der Waals surface area contributed by atoms with Crippen LogP contribution in [0.5, 0.6) is 0 Å². The first-order chi connectivity index (χ1) is 5.70. The predicted octanol–water partition coefficient (Wildman–Crippen LogP) is 0.821. The van der Waals surface area contributed by atoms with E-state index in [1.807, 2.05) is 11.6 Å². The van der Waals surface area contributed by atoms with Crippen LogP contribution in [0.15, 0.2) is 0 Å². The molecule has 1 N–H and O–H groups in total. The van der Waals surface area contributed by atoms with Crippen molar-refractivity contribution >= 4 is 0 Å². The van der Waals surface area contributed by atoms with E-state index >= 15 is 0 Å². The number of aliphatic hydroxyl groups excluding tert-OH is 1. The quantitative estimate of drug-likeness (QED) is 0.728. The summed E-state index contributed by atoms with van der Waals surface area (Å²) in [7, 11) is 1.88. The monoisotopic (exact) mass is 169 g/mol. The lowest BCUT2D eigenvalue weighted by Crippen LogP contribution is -2.04. The van der Waals surface area contributed by atoms with Crippen molar-refractivity contribution in [1.82, 2.24) is 14.8 Å². The van der Waals surface area contributed by atoms with Crippen molar-refractivity contribution in [3.05, 3.63) is 11.6 Å². The fraction of sp³-hybridized carbons (Fsp3) is 0.750. The van der Waals surface area contributed by atoms with Crippen molar-refractivity contribution in [2.24, 2.45) is 7.05 Å². The molecule has 12 heavy (non-hydrogen) atoms. The number of hydrogen-bond donors (Lipinski definition) is 1. The topological polar surface area (TPSA) is 50.9 Å². The van der Waals surface area contributed by atoms with Crippen molar-refractivity contribution in [3.63, 3.8) is 0 Å². The molecule has 0 aliphatic carbocycles. The van der Waals surface area contributed by atoms with Gasteiger partial charge < -0.3 is 9.67 Å². The van der Waals surface area contributed by atoms with Crippen molar-refractivity contribution in [3.8, 4) is 0 Å². The maximum Gasteiger partial charge on any atom is 0.158 e. The van der Waals surface area contributed by atoms with Gasteiger partial charge in [0.05, 0.1) is 0 Å². The van der Waals surface area contributed by atoms with Crippen LogP contribution in [0.25, 0.3) is 0 Å². The molecule has 0 fully saturated rings. The highest BCUT2D eigenvalue weighted by Gasteiger charge is 2.12. The van der Waals surface area contributed by atoms with Crippen LogP contribution in [0, 0.1) is 0 Å². The van der Waals surface area contributed by atoms with Crippen LogP contribution >= 0.6 is 0 Å². The standard InChI is InChI=1S/C8H15N3O/c1-4-6(2)8-10-9-7(5-12)11(8)3/h6,12H,4-5H2,1-3H3. The van der Waals surface area contributed by atoms with Crippen molar-refractivity contribution < 1.29 is 5.11 Å². The van der Waals surface area contributed by atoms with E-state index in [1.165, 1.54) is 0 Å². The van der Waals surface area contributed by atoms with Crippen LogP contribution in [0.2, 0.25) is 0 Å². The lowest BCUT2D eigenvalue weighted by molar-refractivity contribution is 0.266. The van der Waals surface area contributed by atoms with E-state index in [-0.39, 0.29) is 6.61 Å². The fourth-order valence-electron chi connectivity index (χ4n) is 1.12. The number of aromatic nitrogens is 3. The second-order valence-corrected chi connectivity index (χ2v) is 3.00. The summed E-state index contributed by atoms with van der Waals surface area (Å²) in [6.45, 7) is 4.17. The molecule has 4 nitrogen and oxygen atoms in total. The van der Waals surface area contributed by atoms with Gasteiger partial charge in [-0.15, -0.1) is 10.2 Å². The SMILES string of the molecule is CCC(C)c1nnc(CO)n1C. The van der Waals surface area contributed by atoms with Crippen LogP contribution < -0.4 is 0 Å². The second-order valence-electron chi connectivity index (χ2n) is 3.00. The number of aliphatic hydroxyl groups is 1. The molecular formula is C8H15N3O. The molecule has 0 aliphatic rings. The molecule has 0 aliphatic heterocycles. The molecule has 1 heterocycles. The Morgan fingerprint density at radius 1 is 1.50 bits per heavy atom. The molecule has 0 bridgehead atoms. The van der Waals surface area contributed by atoms with E-state index < -0.39 is 0 Å². The molecule has 0 saturated carbocycles. The minimum absolute atomic E-state index is 0.0417. The first-order valence-electron chi connectivity index (χ1n) is 4.19. The molecule has 1 atom stereocenters. The zero-order valence-electron chi connectivity index (χ0n) is 7.78. The van der Waals surface area contributed by atoms with E-state index in [1.54, 1.807) is 0 Å². The minimum atomic E-state index is -0.0417. The lowest BCUT2D eigenvalue weighted by Gasteiger charge is -2.07. The average molecular weight is 169 g/mol. The Balaban J connectivity index is 2.93. The maximum atomic E-state index is 8.86. The average Bonchev–Trinajstić information content (AvgIpc) is 2.45. The van der Waals surface area contributed by atoms with Gasteiger partial charge >= 0.3 is 0 Å². The van der Waals surface area contributed by atoms with Gasteiger partial charge in [-0.2, -0.15) is 0 Å². The van der Waals surface area contributed by atoms with Gasteiger partial charge in [0.1, 0.15) is 12.4 Å². The summed E-state index contributed by atoms with van der Waals surface area (Å²) in [5.41, 5.74) is 0. The van der Waals surface area contributed by atoms with Gasteiger partial charge in [-0.05, 0) is 6.42 Å². The Bertz CT molecular complexity index is 257. The Morgan fingerprint density at radius 3 is 2.58 bits per heavy atom. The molecule has 1 rings (SSSR count). The highest BCUT2D eigenvalue weighted by Crippen LogP contribution is 2.15. The first kappa shape index (κ1) is 9.19. The zero-order valence-corrected chi connectivity index (χ0v) is 7.78. The highest BCUT2D eigenvalue weighted by molar-refractivity contribution is 4.98. The summed E-state index contributed by atoms with van der Waals surface area (Å²) in [4.78, 5) is 0. The first-order valence-corrected chi connectivity index (χ1v) is 4.19. The van der Waals surface area contributed by atoms with E-state index in [2.05, 4.69) is 24.0 Å². The Kier molecular flexibility index (Phi) is 2.81. The number of rotatable bonds is 3. The van der Waals surface area contributed by atoms with Gasteiger partial charge in [-0.3, -0.25) is 0 Å². The smallest absolute Gasteiger partial charge is 0.158 e. The summed E-state index contributed by atoms with van der Waals surface area (Å²) in [6, 6.07) is 0. The van der Waals surface area contributed by atoms with Crippen LogP contribution in [0.1, 0.15) is 37.8 Å². The van der Waals surface area contributed by atoms with Crippen molar-refractivity contribution in [2.75, 3.05) is 0 Å². The van der Waals surface area contributed by atoms with Crippen LogP contribution in [0.3, 0.4) is 0 Å². The molecule has 1 aromatic heterocycles. The van der Waals surface area contributed by atoms with Crippen LogP contribution in [-0.2, 0) is 13.7 Å². The van der Waals surface area contributed by atoms with Gasteiger partial charge in [0.2, 0.25) is 0 Å². The van der Waals surface area contributed by atoms with Gasteiger partial charge in [0, 0.05) is 13.0 Å². The summed E-state index contributed by atoms with van der Waals surface area (Å²) in [6.07, 6.45) is 1.04. The Morgan fingerprint density at radius 2 is 2.17 bits per heavy atom. The lowest BCUT2D eigenvalue weighted by atomic mass is 10.1. The molecule has 0 spiro atoms. The summed E-state index contributed by atoms with van der Waals surface area (Å²) >= 11 is 0. The molecule has 0 saturated heterocycles. The highest BCUT2D eigenvalue weighted by atomic mass is 16.3. The molecule has 1 aromatic rings. The van der Waals surface area contributed by atoms with E-state index in [4.69, 9.17) is 5.11 Å². The summed E-state index contributed by atoms with van der Waals surface area (Å²) in [5, 5.41) is 16.7. The van der Waals surface area contributed by atoms with E-state index in [9.17, 15) is 0 Å². The maximum absolute atomic E-state index is 8.86. The number of nitrogens with zero attached hydrogens (tertiary/aromatic N) is 3. The van der Waals surface area contributed by atoms with Crippen molar-refractivity contribution in [1.29, 1.82) is 0 Å². The van der Waals surface area contributed by atoms with Crippen molar-refractivity contribution in [2.45, 2.75) is 32.8 Å². The number of hydrogen-bond acceptors (Lipinski definition) is 3. The second kappa shape index (κ2) is 3.67. The molecule has 4 heteroatoms. The zero-order chi connectivity index (χ0) is 9.14. The third-order valence-corrected chi connectivity index (χ3v) is 2.19. The summed E-state index contributed by atoms with van der Waals surface area (Å²) < 4.78 is 1.86. The third-order valence-electron chi connectivity index (χ3n) is 2.19. The van der Waals surface area contributed by atoms with Crippen LogP contribution in [-0.4, -0.2) is 19.9 Å². The minimum Gasteiger partial charge on any atom is -0.388 e. The molecular weight excluding hydrogens is 154 g/mol. The third kappa shape index (κ3) is 1.48. The normalized spacial score (nSPS) is 13.3. The molecule has 68 valence electrons.